The summed E-state index contributed by atoms with van der Waals surface area (Å²) in [6, 6.07) is 10.1. The highest BCUT2D eigenvalue weighted by atomic mass is 16.5. The summed E-state index contributed by atoms with van der Waals surface area (Å²) in [6.45, 7) is 7.09. The summed E-state index contributed by atoms with van der Waals surface area (Å²) < 4.78 is 5.73. The van der Waals surface area contributed by atoms with Gasteiger partial charge in [-0.1, -0.05) is 38.0 Å². The van der Waals surface area contributed by atoms with Crippen molar-refractivity contribution in [1.29, 1.82) is 0 Å². The molecule has 2 heteroatoms. The molecule has 2 rings (SSSR count). The van der Waals surface area contributed by atoms with Crippen molar-refractivity contribution in [3.63, 3.8) is 0 Å². The Balaban J connectivity index is 1.45. The molecule has 2 nitrogen and oxygen atoms in total. The number of nitrogens with zero attached hydrogens (tertiary/aromatic N) is 1. The van der Waals surface area contributed by atoms with Crippen LogP contribution in [0.3, 0.4) is 0 Å². The van der Waals surface area contributed by atoms with Gasteiger partial charge < -0.3 is 9.64 Å². The van der Waals surface area contributed by atoms with Crippen LogP contribution >= 0.6 is 0 Å². The minimum atomic E-state index is 0.850. The summed E-state index contributed by atoms with van der Waals surface area (Å²) in [5.41, 5.74) is 0. The Morgan fingerprint density at radius 2 is 1.81 bits per heavy atom. The quantitative estimate of drug-likeness (QED) is 0.608. The Morgan fingerprint density at radius 3 is 2.52 bits per heavy atom. The van der Waals surface area contributed by atoms with Crippen molar-refractivity contribution < 1.29 is 4.74 Å². The molecule has 0 aliphatic carbocycles. The fourth-order valence-electron chi connectivity index (χ4n) is 3.23. The van der Waals surface area contributed by atoms with E-state index in [9.17, 15) is 0 Å². The van der Waals surface area contributed by atoms with Crippen LogP contribution in [0.25, 0.3) is 0 Å². The van der Waals surface area contributed by atoms with Crippen LogP contribution in [0.5, 0.6) is 5.75 Å². The average Bonchev–Trinajstić information content (AvgIpc) is 2.53. The van der Waals surface area contributed by atoms with Crippen molar-refractivity contribution in [2.45, 2.75) is 51.9 Å². The normalized spacial score (nSPS) is 17.0. The first kappa shape index (κ1) is 16.4. The zero-order valence-corrected chi connectivity index (χ0v) is 13.6. The second-order valence-electron chi connectivity index (χ2n) is 6.30. The molecule has 0 N–H and O–H groups in total. The molecule has 0 amide bonds. The zero-order chi connectivity index (χ0) is 14.8. The molecule has 0 atom stereocenters. The summed E-state index contributed by atoms with van der Waals surface area (Å²) in [4.78, 5) is 2.66. The van der Waals surface area contributed by atoms with Gasteiger partial charge in [-0.05, 0) is 69.8 Å². The molecule has 1 saturated heterocycles. The Hall–Kier alpha value is -1.02. The minimum absolute atomic E-state index is 0.850. The highest BCUT2D eigenvalue weighted by Crippen LogP contribution is 2.21. The van der Waals surface area contributed by atoms with Gasteiger partial charge in [0, 0.05) is 0 Å². The van der Waals surface area contributed by atoms with E-state index >= 15 is 0 Å². The van der Waals surface area contributed by atoms with E-state index in [4.69, 9.17) is 4.74 Å². The number of piperidine rings is 1. The lowest BCUT2D eigenvalue weighted by Crippen LogP contribution is -2.34. The molecular weight excluding hydrogens is 258 g/mol. The molecule has 0 radical (unpaired) electrons. The predicted molar refractivity (Wildman–Crippen MR) is 89.9 cm³/mol. The Morgan fingerprint density at radius 1 is 1.05 bits per heavy atom. The number of ether oxygens (including phenoxy) is 1. The maximum absolute atomic E-state index is 5.73. The van der Waals surface area contributed by atoms with Gasteiger partial charge in [0.05, 0.1) is 6.61 Å². The monoisotopic (exact) mass is 289 g/mol. The van der Waals surface area contributed by atoms with Crippen molar-refractivity contribution in [1.82, 2.24) is 4.90 Å². The van der Waals surface area contributed by atoms with E-state index in [1.54, 1.807) is 0 Å². The van der Waals surface area contributed by atoms with E-state index in [0.29, 0.717) is 0 Å². The van der Waals surface area contributed by atoms with Crippen LogP contribution in [-0.4, -0.2) is 31.1 Å². The SMILES string of the molecule is CCCC1CCN(CCCCCOc2ccccc2)CC1. The van der Waals surface area contributed by atoms with E-state index in [-0.39, 0.29) is 0 Å². The molecule has 0 bridgehead atoms. The Labute approximate surface area is 130 Å². The van der Waals surface area contributed by atoms with Crippen molar-refractivity contribution in [3.8, 4) is 5.75 Å². The van der Waals surface area contributed by atoms with Gasteiger partial charge in [-0.2, -0.15) is 0 Å². The van der Waals surface area contributed by atoms with Gasteiger partial charge >= 0.3 is 0 Å². The molecule has 0 unspecified atom stereocenters. The third-order valence-corrected chi connectivity index (χ3v) is 4.53. The van der Waals surface area contributed by atoms with Crippen LogP contribution < -0.4 is 4.74 Å². The second kappa shape index (κ2) is 9.83. The van der Waals surface area contributed by atoms with Crippen LogP contribution in [0, 0.1) is 5.92 Å². The van der Waals surface area contributed by atoms with Crippen LogP contribution in [0.4, 0.5) is 0 Å². The molecule has 0 spiro atoms. The van der Waals surface area contributed by atoms with Crippen LogP contribution in [0.1, 0.15) is 51.9 Å². The summed E-state index contributed by atoms with van der Waals surface area (Å²) in [5.74, 6) is 2.00. The standard InChI is InChI=1S/C19H31NO/c1-2-9-18-12-15-20(16-13-18)14-7-4-8-17-21-19-10-5-3-6-11-19/h3,5-6,10-11,18H,2,4,7-9,12-17H2,1H3. The summed E-state index contributed by atoms with van der Waals surface area (Å²) in [6.07, 6.45) is 9.40. The number of hydrogen-bond donors (Lipinski definition) is 0. The predicted octanol–water partition coefficient (Wildman–Crippen LogP) is 4.75. The van der Waals surface area contributed by atoms with E-state index in [2.05, 4.69) is 11.8 Å². The smallest absolute Gasteiger partial charge is 0.119 e. The number of unbranched alkanes of at least 4 members (excludes halogenated alkanes) is 2. The third kappa shape index (κ3) is 6.52. The van der Waals surface area contributed by atoms with Gasteiger partial charge in [0.15, 0.2) is 0 Å². The van der Waals surface area contributed by atoms with Crippen molar-refractivity contribution >= 4 is 0 Å². The lowest BCUT2D eigenvalue weighted by atomic mass is 9.92. The molecule has 1 aliphatic heterocycles. The maximum Gasteiger partial charge on any atom is 0.119 e. The lowest BCUT2D eigenvalue weighted by Gasteiger charge is -2.31. The van der Waals surface area contributed by atoms with Gasteiger partial charge in [0.25, 0.3) is 0 Å². The fraction of sp³-hybridized carbons (Fsp3) is 0.684. The van der Waals surface area contributed by atoms with Crippen molar-refractivity contribution in [3.05, 3.63) is 30.3 Å². The first-order valence-electron chi connectivity index (χ1n) is 8.78. The molecule has 1 aliphatic rings. The number of rotatable bonds is 9. The van der Waals surface area contributed by atoms with Gasteiger partial charge in [0.2, 0.25) is 0 Å². The number of benzene rings is 1. The molecular formula is C19H31NO. The molecule has 0 aromatic heterocycles. The largest absolute Gasteiger partial charge is 0.494 e. The van der Waals surface area contributed by atoms with Crippen LogP contribution in [-0.2, 0) is 0 Å². The molecule has 118 valence electrons. The van der Waals surface area contributed by atoms with Crippen LogP contribution in [0.15, 0.2) is 30.3 Å². The van der Waals surface area contributed by atoms with Crippen molar-refractivity contribution in [2.24, 2.45) is 5.92 Å². The van der Waals surface area contributed by atoms with E-state index in [0.717, 1.165) is 18.3 Å². The van der Waals surface area contributed by atoms with Gasteiger partial charge in [-0.25, -0.2) is 0 Å². The van der Waals surface area contributed by atoms with E-state index in [1.165, 1.54) is 64.6 Å². The molecule has 1 fully saturated rings. The number of hydrogen-bond acceptors (Lipinski definition) is 2. The minimum Gasteiger partial charge on any atom is -0.494 e. The lowest BCUT2D eigenvalue weighted by molar-refractivity contribution is 0.174. The summed E-state index contributed by atoms with van der Waals surface area (Å²) >= 11 is 0. The summed E-state index contributed by atoms with van der Waals surface area (Å²) in [5, 5.41) is 0. The highest BCUT2D eigenvalue weighted by Gasteiger charge is 2.17. The number of likely N-dealkylation sites (tertiary alicyclic amines) is 1. The van der Waals surface area contributed by atoms with Gasteiger partial charge in [0.1, 0.15) is 5.75 Å². The zero-order valence-electron chi connectivity index (χ0n) is 13.6. The first-order chi connectivity index (χ1) is 10.4. The summed E-state index contributed by atoms with van der Waals surface area (Å²) in [7, 11) is 0. The van der Waals surface area contributed by atoms with E-state index in [1.807, 2.05) is 30.3 Å². The Kier molecular flexibility index (Phi) is 7.66. The van der Waals surface area contributed by atoms with Crippen molar-refractivity contribution in [2.75, 3.05) is 26.2 Å². The molecule has 1 aromatic carbocycles. The fourth-order valence-corrected chi connectivity index (χ4v) is 3.23. The molecule has 0 saturated carbocycles. The van der Waals surface area contributed by atoms with Gasteiger partial charge in [-0.3, -0.25) is 0 Å². The number of para-hydroxylation sites is 1. The molecule has 1 heterocycles. The third-order valence-electron chi connectivity index (χ3n) is 4.53. The molecule has 1 aromatic rings. The molecule has 21 heavy (non-hydrogen) atoms. The van der Waals surface area contributed by atoms with E-state index < -0.39 is 0 Å². The average molecular weight is 289 g/mol. The topological polar surface area (TPSA) is 12.5 Å². The first-order valence-corrected chi connectivity index (χ1v) is 8.78. The Bertz CT molecular complexity index is 357. The van der Waals surface area contributed by atoms with Crippen LogP contribution in [0.2, 0.25) is 0 Å². The highest BCUT2D eigenvalue weighted by molar-refractivity contribution is 5.20. The van der Waals surface area contributed by atoms with Gasteiger partial charge in [-0.15, -0.1) is 0 Å². The maximum atomic E-state index is 5.73. The second-order valence-corrected chi connectivity index (χ2v) is 6.30.